The Morgan fingerprint density at radius 2 is 1.65 bits per heavy atom. The molecule has 12 nitrogen and oxygen atoms in total. The molecule has 6 heterocycles. The van der Waals surface area contributed by atoms with Gasteiger partial charge < -0.3 is 34.1 Å². The molecule has 2 aromatic heterocycles. The summed E-state index contributed by atoms with van der Waals surface area (Å²) >= 11 is 0. The van der Waals surface area contributed by atoms with Crippen LogP contribution in [0.1, 0.15) is 42.4 Å². The second-order valence-corrected chi connectivity index (χ2v) is 13.9. The number of pyridine rings is 1. The highest BCUT2D eigenvalue weighted by molar-refractivity contribution is 5.91. The van der Waals surface area contributed by atoms with Crippen molar-refractivity contribution >= 4 is 29.2 Å². The molecule has 0 bridgehead atoms. The van der Waals surface area contributed by atoms with Gasteiger partial charge in [-0.25, -0.2) is 14.6 Å². The van der Waals surface area contributed by atoms with Gasteiger partial charge in [0.1, 0.15) is 0 Å². The summed E-state index contributed by atoms with van der Waals surface area (Å²) < 4.78 is 8.08. The highest BCUT2D eigenvalue weighted by Crippen LogP contribution is 2.26. The maximum atomic E-state index is 14.1. The number of anilines is 1. The fourth-order valence-electron chi connectivity index (χ4n) is 7.92. The number of imidazole rings is 1. The second-order valence-electron chi connectivity index (χ2n) is 13.9. The van der Waals surface area contributed by atoms with Gasteiger partial charge in [0.15, 0.2) is 6.10 Å². The third-order valence-corrected chi connectivity index (χ3v) is 10.9. The first-order chi connectivity index (χ1) is 23.3. The number of fused-ring (bicyclic) bond motifs is 2. The molecular weight excluding hydrogens is 608 g/mol. The molecule has 0 spiro atoms. The van der Waals surface area contributed by atoms with Crippen molar-refractivity contribution in [1.29, 1.82) is 0 Å². The lowest BCUT2D eigenvalue weighted by molar-refractivity contribution is -0.142. The van der Waals surface area contributed by atoms with Gasteiger partial charge in [-0.1, -0.05) is 24.3 Å². The molecule has 3 fully saturated rings. The number of ether oxygens (including phenoxy) is 1. The standard InChI is InChI=1S/C36H48N8O4/c1-26-21-27(24-43-25-37-23-32(26)43)22-33(34(45)41-12-8-29(9-13-41)40-19-17-39(2)18-20-40)48-36(47)42-14-10-30(11-15-42)44-16-7-28-5-3-4-6-31(28)38-35(44)46/h3-6,21,23-25,29-30,33H,7-20,22H2,1-2H3,(H,38,46). The van der Waals surface area contributed by atoms with Crippen LogP contribution in [-0.2, 0) is 22.4 Å². The first-order valence-electron chi connectivity index (χ1n) is 17.6. The van der Waals surface area contributed by atoms with Crippen LogP contribution < -0.4 is 5.32 Å². The second kappa shape index (κ2) is 14.1. The van der Waals surface area contributed by atoms with E-state index >= 15 is 0 Å². The normalized spacial score (nSPS) is 21.1. The lowest BCUT2D eigenvalue weighted by Gasteiger charge is -2.42. The predicted molar refractivity (Wildman–Crippen MR) is 183 cm³/mol. The van der Waals surface area contributed by atoms with Crippen molar-refractivity contribution in [2.45, 2.75) is 63.6 Å². The average molecular weight is 657 g/mol. The minimum Gasteiger partial charge on any atom is -0.436 e. The molecule has 3 saturated heterocycles. The lowest BCUT2D eigenvalue weighted by Crippen LogP contribution is -2.54. The number of carbonyl (C=O) groups is 3. The molecule has 1 unspecified atom stereocenters. The van der Waals surface area contributed by atoms with Gasteiger partial charge in [0, 0.05) is 89.3 Å². The number of hydrogen-bond acceptors (Lipinski definition) is 7. The fraction of sp³-hybridized carbons (Fsp3) is 0.556. The molecule has 12 heteroatoms. The minimum atomic E-state index is -0.925. The number of aromatic nitrogens is 2. The van der Waals surface area contributed by atoms with Crippen LogP contribution in [0.5, 0.6) is 0 Å². The van der Waals surface area contributed by atoms with Gasteiger partial charge in [0.2, 0.25) is 0 Å². The number of carbonyl (C=O) groups excluding carboxylic acids is 3. The summed E-state index contributed by atoms with van der Waals surface area (Å²) in [5, 5.41) is 3.06. The summed E-state index contributed by atoms with van der Waals surface area (Å²) in [7, 11) is 2.17. The Hall–Kier alpha value is -4.16. The van der Waals surface area contributed by atoms with Crippen molar-refractivity contribution < 1.29 is 19.1 Å². The Bertz CT molecular complexity index is 1620. The zero-order valence-electron chi connectivity index (χ0n) is 28.2. The third-order valence-electron chi connectivity index (χ3n) is 10.9. The first-order valence-corrected chi connectivity index (χ1v) is 17.6. The van der Waals surface area contributed by atoms with Crippen molar-refractivity contribution in [2.24, 2.45) is 0 Å². The summed E-state index contributed by atoms with van der Waals surface area (Å²) in [5.41, 5.74) is 4.99. The van der Waals surface area contributed by atoms with Gasteiger partial charge in [0.25, 0.3) is 5.91 Å². The minimum absolute atomic E-state index is 0.0345. The molecule has 1 N–H and O–H groups in total. The SMILES string of the molecule is Cc1cc(CC(OC(=O)N2CCC(N3CCc4ccccc4NC3=O)CC2)C(=O)N2CCC(N3CCN(C)CC3)CC2)cn2cncc12. The quantitative estimate of drug-likeness (QED) is 0.433. The van der Waals surface area contributed by atoms with E-state index in [1.165, 1.54) is 0 Å². The Morgan fingerprint density at radius 1 is 0.938 bits per heavy atom. The monoisotopic (exact) mass is 656 g/mol. The predicted octanol–water partition coefficient (Wildman–Crippen LogP) is 3.48. The Labute approximate surface area is 282 Å². The molecule has 1 aromatic carbocycles. The molecule has 4 aliphatic heterocycles. The molecule has 3 aromatic rings. The van der Waals surface area contributed by atoms with Gasteiger partial charge in [-0.3, -0.25) is 9.69 Å². The van der Waals surface area contributed by atoms with Gasteiger partial charge in [0.05, 0.1) is 18.0 Å². The summed E-state index contributed by atoms with van der Waals surface area (Å²) in [4.78, 5) is 55.6. The number of benzene rings is 1. The molecule has 7 rings (SSSR count). The molecule has 4 amide bonds. The zero-order valence-corrected chi connectivity index (χ0v) is 28.2. The van der Waals surface area contributed by atoms with E-state index in [-0.39, 0.29) is 18.0 Å². The van der Waals surface area contributed by atoms with E-state index in [0.717, 1.165) is 73.3 Å². The average Bonchev–Trinajstić information content (AvgIpc) is 3.52. The largest absolute Gasteiger partial charge is 0.436 e. The van der Waals surface area contributed by atoms with Crippen molar-refractivity contribution in [3.8, 4) is 0 Å². The highest BCUT2D eigenvalue weighted by atomic mass is 16.6. The molecular formula is C36H48N8O4. The van der Waals surface area contributed by atoms with E-state index in [4.69, 9.17) is 4.74 Å². The number of urea groups is 1. The molecule has 0 radical (unpaired) electrons. The number of para-hydroxylation sites is 1. The zero-order chi connectivity index (χ0) is 33.2. The fourth-order valence-corrected chi connectivity index (χ4v) is 7.92. The summed E-state index contributed by atoms with van der Waals surface area (Å²) in [6.07, 6.45) is 8.42. The number of piperidine rings is 2. The van der Waals surface area contributed by atoms with Crippen molar-refractivity contribution in [1.82, 2.24) is 33.9 Å². The summed E-state index contributed by atoms with van der Waals surface area (Å²) in [5.74, 6) is -0.126. The van der Waals surface area contributed by atoms with E-state index in [9.17, 15) is 14.4 Å². The van der Waals surface area contributed by atoms with Crippen molar-refractivity contribution in [3.63, 3.8) is 0 Å². The van der Waals surface area contributed by atoms with Crippen LogP contribution in [0.3, 0.4) is 0 Å². The van der Waals surface area contributed by atoms with E-state index in [1.54, 1.807) is 11.2 Å². The lowest BCUT2D eigenvalue weighted by atomic mass is 10.0. The maximum Gasteiger partial charge on any atom is 0.410 e. The van der Waals surface area contributed by atoms with Gasteiger partial charge in [-0.15, -0.1) is 0 Å². The first kappa shape index (κ1) is 32.4. The Balaban J connectivity index is 0.996. The van der Waals surface area contributed by atoms with Crippen LogP contribution >= 0.6 is 0 Å². The van der Waals surface area contributed by atoms with Crippen molar-refractivity contribution in [2.75, 3.05) is 71.3 Å². The highest BCUT2D eigenvalue weighted by Gasteiger charge is 2.36. The molecule has 0 aliphatic carbocycles. The number of piperazine rings is 1. The number of aryl methyl sites for hydroxylation is 1. The Morgan fingerprint density at radius 3 is 2.42 bits per heavy atom. The number of amides is 4. The third kappa shape index (κ3) is 7.00. The van der Waals surface area contributed by atoms with Crippen LogP contribution in [0.25, 0.3) is 5.52 Å². The van der Waals surface area contributed by atoms with Crippen LogP contribution in [0.15, 0.2) is 49.1 Å². The molecule has 4 aliphatic rings. The van der Waals surface area contributed by atoms with E-state index in [0.29, 0.717) is 58.0 Å². The number of hydrogen-bond donors (Lipinski definition) is 1. The smallest absolute Gasteiger partial charge is 0.410 e. The van der Waals surface area contributed by atoms with Gasteiger partial charge in [-0.05, 0) is 68.8 Å². The summed E-state index contributed by atoms with van der Waals surface area (Å²) in [6, 6.07) is 10.4. The number of nitrogens with one attached hydrogen (secondary N) is 1. The van der Waals surface area contributed by atoms with Crippen LogP contribution in [0.4, 0.5) is 15.3 Å². The van der Waals surface area contributed by atoms with Crippen LogP contribution in [0, 0.1) is 6.92 Å². The molecule has 48 heavy (non-hydrogen) atoms. The van der Waals surface area contributed by atoms with Crippen molar-refractivity contribution in [3.05, 3.63) is 65.7 Å². The van der Waals surface area contributed by atoms with E-state index in [1.807, 2.05) is 51.7 Å². The van der Waals surface area contributed by atoms with Crippen LogP contribution in [0.2, 0.25) is 0 Å². The molecule has 1 atom stereocenters. The van der Waals surface area contributed by atoms with E-state index < -0.39 is 12.2 Å². The molecule has 256 valence electrons. The molecule has 0 saturated carbocycles. The van der Waals surface area contributed by atoms with Gasteiger partial charge in [-0.2, -0.15) is 0 Å². The number of likely N-dealkylation sites (N-methyl/N-ethyl adjacent to an activating group) is 1. The summed E-state index contributed by atoms with van der Waals surface area (Å²) in [6.45, 7) is 9.22. The maximum absolute atomic E-state index is 14.1. The van der Waals surface area contributed by atoms with Crippen LogP contribution in [-0.4, -0.2) is 136 Å². The van der Waals surface area contributed by atoms with E-state index in [2.05, 4.69) is 39.3 Å². The Kier molecular flexibility index (Phi) is 9.54. The topological polar surface area (TPSA) is 106 Å². The van der Waals surface area contributed by atoms with Gasteiger partial charge >= 0.3 is 12.1 Å². The number of nitrogens with zero attached hydrogens (tertiary/aromatic N) is 7. The number of rotatable bonds is 6. The number of likely N-dealkylation sites (tertiary alicyclic amines) is 2.